The third-order valence-corrected chi connectivity index (χ3v) is 3.97. The smallest absolute Gasteiger partial charge is 0.346 e. The van der Waals surface area contributed by atoms with Crippen LogP contribution in [0.3, 0.4) is 0 Å². The summed E-state index contributed by atoms with van der Waals surface area (Å²) < 4.78 is 5.20. The Morgan fingerprint density at radius 3 is 3.00 bits per heavy atom. The van der Waals surface area contributed by atoms with Crippen molar-refractivity contribution in [2.45, 2.75) is 11.5 Å². The van der Waals surface area contributed by atoms with Crippen molar-refractivity contribution in [2.75, 3.05) is 0 Å². The number of hydrogen-bond donors (Lipinski definition) is 1. The summed E-state index contributed by atoms with van der Waals surface area (Å²) in [6.07, 6.45) is 1.64. The minimum atomic E-state index is -0.844. The zero-order valence-corrected chi connectivity index (χ0v) is 10.0. The van der Waals surface area contributed by atoms with Gasteiger partial charge in [-0.15, -0.1) is 23.1 Å². The maximum absolute atomic E-state index is 10.9. The van der Waals surface area contributed by atoms with E-state index in [1.807, 2.05) is 23.6 Å². The van der Waals surface area contributed by atoms with E-state index in [0.717, 1.165) is 17.1 Å². The highest BCUT2D eigenvalue weighted by Gasteiger charge is 2.11. The quantitative estimate of drug-likeness (QED) is 0.887. The fraction of sp³-hybridized carbons (Fsp3) is 0.182. The SMILES string of the molecule is O=C(O)c1sccc1CSCc1ccco1. The first kappa shape index (κ1) is 11.3. The number of thiophene rings is 1. The molecule has 0 aliphatic heterocycles. The number of rotatable bonds is 5. The number of aromatic carboxylic acids is 1. The van der Waals surface area contributed by atoms with Crippen LogP contribution in [0.5, 0.6) is 0 Å². The van der Waals surface area contributed by atoms with E-state index in [2.05, 4.69) is 0 Å². The van der Waals surface area contributed by atoms with Crippen molar-refractivity contribution in [1.82, 2.24) is 0 Å². The van der Waals surface area contributed by atoms with E-state index >= 15 is 0 Å². The van der Waals surface area contributed by atoms with Crippen LogP contribution in [0.2, 0.25) is 0 Å². The molecule has 84 valence electrons. The first-order valence-corrected chi connectivity index (χ1v) is 6.70. The minimum Gasteiger partial charge on any atom is -0.477 e. The molecule has 16 heavy (non-hydrogen) atoms. The van der Waals surface area contributed by atoms with Crippen molar-refractivity contribution >= 4 is 29.1 Å². The van der Waals surface area contributed by atoms with Crippen molar-refractivity contribution in [1.29, 1.82) is 0 Å². The van der Waals surface area contributed by atoms with Gasteiger partial charge in [0.25, 0.3) is 0 Å². The van der Waals surface area contributed by atoms with Gasteiger partial charge in [-0.25, -0.2) is 4.79 Å². The van der Waals surface area contributed by atoms with Crippen LogP contribution in [0.1, 0.15) is 21.0 Å². The highest BCUT2D eigenvalue weighted by Crippen LogP contribution is 2.24. The Morgan fingerprint density at radius 1 is 1.44 bits per heavy atom. The van der Waals surface area contributed by atoms with E-state index in [-0.39, 0.29) is 0 Å². The van der Waals surface area contributed by atoms with Gasteiger partial charge in [-0.2, -0.15) is 0 Å². The number of carboxylic acids is 1. The first-order valence-electron chi connectivity index (χ1n) is 4.67. The van der Waals surface area contributed by atoms with Gasteiger partial charge in [0.2, 0.25) is 0 Å². The van der Waals surface area contributed by atoms with E-state index in [1.165, 1.54) is 11.3 Å². The Hall–Kier alpha value is -1.20. The Morgan fingerprint density at radius 2 is 2.31 bits per heavy atom. The van der Waals surface area contributed by atoms with Gasteiger partial charge in [0.15, 0.2) is 0 Å². The van der Waals surface area contributed by atoms with Gasteiger partial charge in [-0.1, -0.05) is 0 Å². The molecule has 0 aliphatic carbocycles. The summed E-state index contributed by atoms with van der Waals surface area (Å²) in [7, 11) is 0. The largest absolute Gasteiger partial charge is 0.477 e. The first-order chi connectivity index (χ1) is 7.77. The monoisotopic (exact) mass is 254 g/mol. The van der Waals surface area contributed by atoms with Crippen LogP contribution in [0, 0.1) is 0 Å². The average molecular weight is 254 g/mol. The van der Waals surface area contributed by atoms with Crippen LogP contribution in [-0.2, 0) is 11.5 Å². The number of carboxylic acid groups (broad SMARTS) is 1. The number of thioether (sulfide) groups is 1. The summed E-state index contributed by atoms with van der Waals surface area (Å²) >= 11 is 2.92. The van der Waals surface area contributed by atoms with Gasteiger partial charge in [0.05, 0.1) is 12.0 Å². The third kappa shape index (κ3) is 2.68. The summed E-state index contributed by atoms with van der Waals surface area (Å²) in [5.41, 5.74) is 0.883. The summed E-state index contributed by atoms with van der Waals surface area (Å²) in [4.78, 5) is 11.3. The number of furan rings is 1. The lowest BCUT2D eigenvalue weighted by molar-refractivity contribution is 0.0701. The third-order valence-electron chi connectivity index (χ3n) is 2.02. The molecule has 0 unspecified atom stereocenters. The van der Waals surface area contributed by atoms with Gasteiger partial charge < -0.3 is 9.52 Å². The second-order valence-electron chi connectivity index (χ2n) is 3.15. The maximum atomic E-state index is 10.9. The lowest BCUT2D eigenvalue weighted by Crippen LogP contribution is -1.96. The zero-order chi connectivity index (χ0) is 11.4. The highest BCUT2D eigenvalue weighted by molar-refractivity contribution is 7.97. The molecule has 0 amide bonds. The predicted molar refractivity (Wildman–Crippen MR) is 65.0 cm³/mol. The Labute approximate surface area is 101 Å². The van der Waals surface area contributed by atoms with Crippen molar-refractivity contribution in [3.8, 4) is 0 Å². The standard InChI is InChI=1S/C11H10O3S2/c12-11(13)10-8(3-5-16-10)6-15-7-9-2-1-4-14-9/h1-5H,6-7H2,(H,12,13). The second kappa shape index (κ2) is 5.23. The second-order valence-corrected chi connectivity index (χ2v) is 5.05. The molecule has 3 nitrogen and oxygen atoms in total. The molecule has 0 bridgehead atoms. The zero-order valence-electron chi connectivity index (χ0n) is 8.38. The number of hydrogen-bond acceptors (Lipinski definition) is 4. The van der Waals surface area contributed by atoms with Gasteiger partial charge >= 0.3 is 5.97 Å². The fourth-order valence-corrected chi connectivity index (χ4v) is 3.07. The molecule has 2 aromatic heterocycles. The van der Waals surface area contributed by atoms with Crippen molar-refractivity contribution in [3.05, 3.63) is 46.0 Å². The van der Waals surface area contributed by atoms with Crippen molar-refractivity contribution in [2.24, 2.45) is 0 Å². The molecule has 2 heterocycles. The normalized spacial score (nSPS) is 10.5. The Balaban J connectivity index is 1.90. The molecule has 5 heteroatoms. The molecule has 0 saturated heterocycles. The summed E-state index contributed by atoms with van der Waals surface area (Å²) in [5, 5.41) is 10.7. The maximum Gasteiger partial charge on any atom is 0.346 e. The molecule has 0 radical (unpaired) electrons. The topological polar surface area (TPSA) is 50.4 Å². The molecule has 2 aromatic rings. The summed E-state index contributed by atoms with van der Waals surface area (Å²) in [6.45, 7) is 0. The van der Waals surface area contributed by atoms with Gasteiger partial charge in [-0.3, -0.25) is 0 Å². The van der Waals surface area contributed by atoms with E-state index in [0.29, 0.717) is 10.6 Å². The highest BCUT2D eigenvalue weighted by atomic mass is 32.2. The Bertz CT molecular complexity index is 459. The van der Waals surface area contributed by atoms with E-state index in [9.17, 15) is 4.79 Å². The molecule has 2 rings (SSSR count). The van der Waals surface area contributed by atoms with E-state index in [4.69, 9.17) is 9.52 Å². The molecule has 0 aromatic carbocycles. The Kier molecular flexibility index (Phi) is 3.69. The van der Waals surface area contributed by atoms with Gasteiger partial charge in [0, 0.05) is 5.75 Å². The summed E-state index contributed by atoms with van der Waals surface area (Å²) in [5.74, 6) is 1.54. The fourth-order valence-electron chi connectivity index (χ4n) is 1.29. The van der Waals surface area contributed by atoms with Crippen LogP contribution in [-0.4, -0.2) is 11.1 Å². The minimum absolute atomic E-state index is 0.437. The van der Waals surface area contributed by atoms with Crippen molar-refractivity contribution < 1.29 is 14.3 Å². The number of carbonyl (C=O) groups is 1. The lowest BCUT2D eigenvalue weighted by atomic mass is 10.3. The average Bonchev–Trinajstić information content (AvgIpc) is 2.87. The van der Waals surface area contributed by atoms with Crippen LogP contribution in [0.15, 0.2) is 34.3 Å². The van der Waals surface area contributed by atoms with Crippen LogP contribution in [0.4, 0.5) is 0 Å². The van der Waals surface area contributed by atoms with Crippen LogP contribution >= 0.6 is 23.1 Å². The molecule has 0 saturated carbocycles. The van der Waals surface area contributed by atoms with E-state index in [1.54, 1.807) is 18.0 Å². The van der Waals surface area contributed by atoms with Crippen LogP contribution in [0.25, 0.3) is 0 Å². The van der Waals surface area contributed by atoms with Crippen molar-refractivity contribution in [3.63, 3.8) is 0 Å². The molecular weight excluding hydrogens is 244 g/mol. The predicted octanol–water partition coefficient (Wildman–Crippen LogP) is 3.47. The van der Waals surface area contributed by atoms with Crippen LogP contribution < -0.4 is 0 Å². The molecule has 0 aliphatic rings. The lowest BCUT2D eigenvalue weighted by Gasteiger charge is -1.99. The summed E-state index contributed by atoms with van der Waals surface area (Å²) in [6, 6.07) is 5.63. The molecule has 0 spiro atoms. The molecule has 0 atom stereocenters. The molecule has 1 N–H and O–H groups in total. The van der Waals surface area contributed by atoms with E-state index < -0.39 is 5.97 Å². The van der Waals surface area contributed by atoms with Gasteiger partial charge in [0.1, 0.15) is 10.6 Å². The van der Waals surface area contributed by atoms with Gasteiger partial charge in [-0.05, 0) is 29.1 Å². The molecular formula is C11H10O3S2. The molecule has 0 fully saturated rings.